The smallest absolute Gasteiger partial charge is 0.271 e. The van der Waals surface area contributed by atoms with Crippen LogP contribution in [0.5, 0.6) is 0 Å². The molecule has 8 heteroatoms. The maximum absolute atomic E-state index is 12.3. The molecule has 0 unspecified atom stereocenters. The van der Waals surface area contributed by atoms with Gasteiger partial charge in [0.25, 0.3) is 11.6 Å². The Morgan fingerprint density at radius 2 is 2.05 bits per heavy atom. The number of nitro groups is 1. The monoisotopic (exact) mass is 363 g/mol. The van der Waals surface area contributed by atoms with Gasteiger partial charge in [-0.1, -0.05) is 15.9 Å². The van der Waals surface area contributed by atoms with Crippen LogP contribution < -0.4 is 5.32 Å². The van der Waals surface area contributed by atoms with E-state index in [2.05, 4.69) is 21.2 Å². The number of nitrogens with one attached hydrogen (secondary N) is 1. The molecule has 110 valence electrons. The molecule has 1 amide bonds. The average Bonchev–Trinajstić information content (AvgIpc) is 2.65. The van der Waals surface area contributed by atoms with E-state index in [1.807, 2.05) is 0 Å². The van der Waals surface area contributed by atoms with Gasteiger partial charge in [0.1, 0.15) is 0 Å². The number of benzene rings is 1. The lowest BCUT2D eigenvalue weighted by Crippen LogP contribution is -2.34. The lowest BCUT2D eigenvalue weighted by Gasteiger charge is -2.19. The summed E-state index contributed by atoms with van der Waals surface area (Å²) in [5.41, 5.74) is 0.272. The summed E-state index contributed by atoms with van der Waals surface area (Å²) < 4.78 is 0.540. The molecule has 20 heavy (non-hydrogen) atoms. The summed E-state index contributed by atoms with van der Waals surface area (Å²) in [6.07, 6.45) is 0.891. The van der Waals surface area contributed by atoms with E-state index in [1.54, 1.807) is 11.0 Å². The molecule has 1 saturated heterocycles. The van der Waals surface area contributed by atoms with E-state index in [0.29, 0.717) is 23.1 Å². The van der Waals surface area contributed by atoms with Gasteiger partial charge in [0, 0.05) is 41.8 Å². The second kappa shape index (κ2) is 7.56. The van der Waals surface area contributed by atoms with Gasteiger partial charge < -0.3 is 10.2 Å². The van der Waals surface area contributed by atoms with Crippen LogP contribution in [0.25, 0.3) is 0 Å². The van der Waals surface area contributed by atoms with Crippen molar-refractivity contribution in [1.82, 2.24) is 10.2 Å². The van der Waals surface area contributed by atoms with E-state index in [1.165, 1.54) is 12.1 Å². The molecule has 0 radical (unpaired) electrons. The summed E-state index contributed by atoms with van der Waals surface area (Å²) in [5, 5.41) is 14.0. The highest BCUT2D eigenvalue weighted by Gasteiger charge is 2.20. The van der Waals surface area contributed by atoms with E-state index in [0.717, 1.165) is 19.5 Å². The Hall–Kier alpha value is -1.18. The first-order valence-corrected chi connectivity index (χ1v) is 6.82. The minimum Gasteiger partial charge on any atom is -0.337 e. The van der Waals surface area contributed by atoms with Gasteiger partial charge >= 0.3 is 0 Å². The molecule has 0 atom stereocenters. The number of hydrogen-bond acceptors (Lipinski definition) is 4. The summed E-state index contributed by atoms with van der Waals surface area (Å²) in [5.74, 6) is -0.159. The molecular formula is C12H15BrClN3O3. The Bertz CT molecular complexity index is 505. The molecule has 0 spiro atoms. The molecule has 1 aliphatic rings. The predicted molar refractivity (Wildman–Crippen MR) is 81.4 cm³/mol. The molecule has 0 saturated carbocycles. The van der Waals surface area contributed by atoms with Crippen LogP contribution in [0.1, 0.15) is 16.8 Å². The van der Waals surface area contributed by atoms with E-state index < -0.39 is 4.92 Å². The second-order valence-electron chi connectivity index (χ2n) is 4.35. The third-order valence-electron chi connectivity index (χ3n) is 2.97. The maximum Gasteiger partial charge on any atom is 0.271 e. The fraction of sp³-hybridized carbons (Fsp3) is 0.417. The summed E-state index contributed by atoms with van der Waals surface area (Å²) >= 11 is 3.20. The molecule has 1 heterocycles. The summed E-state index contributed by atoms with van der Waals surface area (Å²) in [4.78, 5) is 24.4. The first kappa shape index (κ1) is 16.9. The van der Waals surface area contributed by atoms with Crippen LogP contribution in [-0.4, -0.2) is 41.9 Å². The molecule has 0 aliphatic carbocycles. The first-order valence-electron chi connectivity index (χ1n) is 6.03. The summed E-state index contributed by atoms with van der Waals surface area (Å²) in [7, 11) is 0. The van der Waals surface area contributed by atoms with Crippen molar-refractivity contribution in [3.63, 3.8) is 0 Å². The fourth-order valence-corrected chi connectivity index (χ4v) is 2.52. The Morgan fingerprint density at radius 3 is 2.75 bits per heavy atom. The number of non-ortho nitro benzene ring substituents is 1. The largest absolute Gasteiger partial charge is 0.337 e. The molecule has 6 nitrogen and oxygen atoms in total. The van der Waals surface area contributed by atoms with Crippen LogP contribution in [0.3, 0.4) is 0 Å². The van der Waals surface area contributed by atoms with Crippen LogP contribution in [0.15, 0.2) is 22.7 Å². The number of halogens is 2. The Morgan fingerprint density at radius 1 is 1.30 bits per heavy atom. The van der Waals surface area contributed by atoms with Gasteiger partial charge in [-0.25, -0.2) is 0 Å². The lowest BCUT2D eigenvalue weighted by atomic mass is 10.1. The second-order valence-corrected chi connectivity index (χ2v) is 5.27. The summed E-state index contributed by atoms with van der Waals surface area (Å²) in [6.45, 7) is 2.94. The highest BCUT2D eigenvalue weighted by atomic mass is 79.9. The van der Waals surface area contributed by atoms with Crippen molar-refractivity contribution in [2.45, 2.75) is 6.42 Å². The van der Waals surface area contributed by atoms with Crippen molar-refractivity contribution in [1.29, 1.82) is 0 Å². The highest BCUT2D eigenvalue weighted by Crippen LogP contribution is 2.22. The van der Waals surface area contributed by atoms with E-state index in [4.69, 9.17) is 0 Å². The molecular weight excluding hydrogens is 350 g/mol. The van der Waals surface area contributed by atoms with Gasteiger partial charge in [-0.05, 0) is 19.0 Å². The van der Waals surface area contributed by atoms with Crippen molar-refractivity contribution >= 4 is 39.9 Å². The van der Waals surface area contributed by atoms with E-state index in [9.17, 15) is 14.9 Å². The molecule has 1 N–H and O–H groups in total. The molecule has 0 bridgehead atoms. The molecule has 1 aromatic carbocycles. The lowest BCUT2D eigenvalue weighted by molar-refractivity contribution is -0.385. The normalized spacial score (nSPS) is 15.2. The number of nitrogens with zero attached hydrogens (tertiary/aromatic N) is 2. The van der Waals surface area contributed by atoms with E-state index in [-0.39, 0.29) is 24.0 Å². The number of hydrogen-bond donors (Lipinski definition) is 1. The number of rotatable bonds is 2. The van der Waals surface area contributed by atoms with Crippen molar-refractivity contribution < 1.29 is 9.72 Å². The quantitative estimate of drug-likeness (QED) is 0.645. The van der Waals surface area contributed by atoms with Gasteiger partial charge in [0.2, 0.25) is 0 Å². The Balaban J connectivity index is 0.00000200. The summed E-state index contributed by atoms with van der Waals surface area (Å²) in [6, 6.07) is 4.33. The average molecular weight is 365 g/mol. The van der Waals surface area contributed by atoms with Crippen molar-refractivity contribution in [2.75, 3.05) is 26.2 Å². The Kier molecular flexibility index (Phi) is 6.38. The zero-order valence-electron chi connectivity index (χ0n) is 10.7. The van der Waals surface area contributed by atoms with Gasteiger partial charge in [-0.2, -0.15) is 0 Å². The Labute approximate surface area is 131 Å². The number of carbonyl (C=O) groups excluding carboxylic acids is 1. The zero-order valence-corrected chi connectivity index (χ0v) is 13.1. The SMILES string of the molecule is Cl.O=C(c1cc(Br)cc([N+](=O)[O-])c1)N1CCCNCC1. The van der Waals surface area contributed by atoms with Crippen molar-refractivity contribution in [3.8, 4) is 0 Å². The third kappa shape index (κ3) is 4.16. The predicted octanol–water partition coefficient (Wildman–Crippen LogP) is 2.21. The molecule has 0 aromatic heterocycles. The van der Waals surface area contributed by atoms with E-state index >= 15 is 0 Å². The van der Waals surface area contributed by atoms with Crippen molar-refractivity contribution in [2.24, 2.45) is 0 Å². The third-order valence-corrected chi connectivity index (χ3v) is 3.43. The van der Waals surface area contributed by atoms with Gasteiger partial charge in [-0.15, -0.1) is 12.4 Å². The van der Waals surface area contributed by atoms with Gasteiger partial charge in [-0.3, -0.25) is 14.9 Å². The van der Waals surface area contributed by atoms with Gasteiger partial charge in [0.15, 0.2) is 0 Å². The van der Waals surface area contributed by atoms with Crippen LogP contribution in [0.4, 0.5) is 5.69 Å². The van der Waals surface area contributed by atoms with Crippen molar-refractivity contribution in [3.05, 3.63) is 38.3 Å². The van der Waals surface area contributed by atoms with Crippen LogP contribution in [0.2, 0.25) is 0 Å². The topological polar surface area (TPSA) is 75.5 Å². The minimum atomic E-state index is -0.495. The number of nitro benzene ring substituents is 1. The highest BCUT2D eigenvalue weighted by molar-refractivity contribution is 9.10. The molecule has 1 aromatic rings. The zero-order chi connectivity index (χ0) is 13.8. The standard InChI is InChI=1S/C12H14BrN3O3.ClH/c13-10-6-9(7-11(8-10)16(18)19)12(17)15-4-1-2-14-3-5-15;/h6-8,14H,1-5H2;1H. The molecule has 1 aliphatic heterocycles. The molecule has 2 rings (SSSR count). The number of amides is 1. The minimum absolute atomic E-state index is 0. The van der Waals surface area contributed by atoms with Crippen LogP contribution in [0, 0.1) is 10.1 Å². The first-order chi connectivity index (χ1) is 9.08. The maximum atomic E-state index is 12.3. The van der Waals surface area contributed by atoms with Gasteiger partial charge in [0.05, 0.1) is 4.92 Å². The fourth-order valence-electron chi connectivity index (χ4n) is 2.03. The molecule has 1 fully saturated rings. The number of carbonyl (C=O) groups is 1. The van der Waals surface area contributed by atoms with Crippen LogP contribution in [-0.2, 0) is 0 Å². The van der Waals surface area contributed by atoms with Crippen LogP contribution >= 0.6 is 28.3 Å².